The molecule has 0 unspecified atom stereocenters. The monoisotopic (exact) mass is 372 g/mol. The van der Waals surface area contributed by atoms with Gasteiger partial charge in [0.2, 0.25) is 0 Å². The summed E-state index contributed by atoms with van der Waals surface area (Å²) in [6, 6.07) is 6.57. The number of carbonyl (C=O) groups excluding carboxylic acids is 2. The van der Waals surface area contributed by atoms with Crippen molar-refractivity contribution >= 4 is 12.0 Å². The first kappa shape index (κ1) is 19.3. The molecule has 6 nitrogen and oxygen atoms in total. The Labute approximate surface area is 160 Å². The van der Waals surface area contributed by atoms with Crippen LogP contribution >= 0.6 is 0 Å². The van der Waals surface area contributed by atoms with Gasteiger partial charge in [-0.2, -0.15) is 0 Å². The molecule has 0 aromatic heterocycles. The number of nitrogens with one attached hydrogen (secondary N) is 2. The van der Waals surface area contributed by atoms with Gasteiger partial charge in [0, 0.05) is 5.70 Å². The van der Waals surface area contributed by atoms with E-state index in [1.54, 1.807) is 0 Å². The first-order chi connectivity index (χ1) is 13.1. The van der Waals surface area contributed by atoms with E-state index in [4.69, 9.17) is 9.47 Å². The van der Waals surface area contributed by atoms with Crippen molar-refractivity contribution in [3.8, 4) is 5.75 Å². The van der Waals surface area contributed by atoms with E-state index < -0.39 is 12.0 Å². The van der Waals surface area contributed by atoms with Gasteiger partial charge in [-0.1, -0.05) is 32.1 Å². The lowest BCUT2D eigenvalue weighted by Crippen LogP contribution is -2.51. The van der Waals surface area contributed by atoms with Crippen LogP contribution < -0.4 is 15.4 Å². The minimum atomic E-state index is -0.660. The van der Waals surface area contributed by atoms with E-state index in [0.29, 0.717) is 12.3 Å². The van der Waals surface area contributed by atoms with Gasteiger partial charge in [0.25, 0.3) is 0 Å². The van der Waals surface area contributed by atoms with Crippen LogP contribution in [-0.2, 0) is 9.53 Å². The molecule has 0 spiro atoms. The predicted octanol–water partition coefficient (Wildman–Crippen LogP) is 3.84. The Morgan fingerprint density at radius 1 is 1.19 bits per heavy atom. The van der Waals surface area contributed by atoms with E-state index in [2.05, 4.69) is 17.2 Å². The summed E-state index contributed by atoms with van der Waals surface area (Å²) >= 11 is 0. The number of hydrogen-bond acceptors (Lipinski definition) is 4. The first-order valence-corrected chi connectivity index (χ1v) is 9.78. The topological polar surface area (TPSA) is 76.7 Å². The molecule has 27 heavy (non-hydrogen) atoms. The summed E-state index contributed by atoms with van der Waals surface area (Å²) in [6.45, 7) is 6.59. The second kappa shape index (κ2) is 8.93. The molecule has 1 aliphatic carbocycles. The molecule has 1 saturated carbocycles. The average Bonchev–Trinajstić information content (AvgIpc) is 2.67. The minimum Gasteiger partial charge on any atom is -0.494 e. The second-order valence-electron chi connectivity index (χ2n) is 7.19. The van der Waals surface area contributed by atoms with Gasteiger partial charge in [-0.05, 0) is 49.8 Å². The zero-order valence-corrected chi connectivity index (χ0v) is 15.8. The van der Waals surface area contributed by atoms with E-state index in [9.17, 15) is 9.59 Å². The summed E-state index contributed by atoms with van der Waals surface area (Å²) in [4.78, 5) is 24.8. The third-order valence-corrected chi connectivity index (χ3v) is 5.07. The standard InChI is InChI=1S/C21H28N2O4/c1-3-13-26-16-11-9-15(10-12-16)19-18(14(2)22-21(25)23-19)20(24)27-17-7-5-4-6-8-17/h9-12,17-19H,2-8,13H2,1H3,(H2,22,23,25)/t18-,19+/m0/s1. The van der Waals surface area contributed by atoms with Crippen LogP contribution in [0.4, 0.5) is 4.79 Å². The van der Waals surface area contributed by atoms with Crippen LogP contribution in [-0.4, -0.2) is 24.7 Å². The summed E-state index contributed by atoms with van der Waals surface area (Å²) in [5, 5.41) is 5.46. The van der Waals surface area contributed by atoms with Crippen LogP contribution in [0.25, 0.3) is 0 Å². The molecule has 2 amide bonds. The second-order valence-corrected chi connectivity index (χ2v) is 7.19. The van der Waals surface area contributed by atoms with E-state index >= 15 is 0 Å². The van der Waals surface area contributed by atoms with Gasteiger partial charge in [-0.15, -0.1) is 0 Å². The number of benzene rings is 1. The molecular formula is C21H28N2O4. The van der Waals surface area contributed by atoms with Crippen molar-refractivity contribution in [2.45, 2.75) is 57.6 Å². The van der Waals surface area contributed by atoms with Crippen molar-refractivity contribution in [2.75, 3.05) is 6.61 Å². The summed E-state index contributed by atoms with van der Waals surface area (Å²) < 4.78 is 11.4. The van der Waals surface area contributed by atoms with Crippen molar-refractivity contribution in [1.82, 2.24) is 10.6 Å². The molecule has 6 heteroatoms. The van der Waals surface area contributed by atoms with Gasteiger partial charge in [0.1, 0.15) is 17.8 Å². The molecule has 0 radical (unpaired) electrons. The van der Waals surface area contributed by atoms with Crippen LogP contribution in [0.15, 0.2) is 36.5 Å². The Morgan fingerprint density at radius 2 is 1.89 bits per heavy atom. The molecule has 2 atom stereocenters. The van der Waals surface area contributed by atoms with Crippen molar-refractivity contribution in [2.24, 2.45) is 5.92 Å². The van der Waals surface area contributed by atoms with Gasteiger partial charge in [0.15, 0.2) is 0 Å². The van der Waals surface area contributed by atoms with Crippen LogP contribution in [0.3, 0.4) is 0 Å². The largest absolute Gasteiger partial charge is 0.494 e. The Kier molecular flexibility index (Phi) is 6.37. The van der Waals surface area contributed by atoms with Crippen LogP contribution in [0.5, 0.6) is 5.75 Å². The molecule has 3 rings (SSSR count). The third-order valence-electron chi connectivity index (χ3n) is 5.07. The molecule has 1 aromatic carbocycles. The highest BCUT2D eigenvalue weighted by Gasteiger charge is 2.39. The smallest absolute Gasteiger partial charge is 0.319 e. The number of hydrogen-bond donors (Lipinski definition) is 2. The SMILES string of the molecule is C=C1NC(=O)N[C@H](c2ccc(OCCC)cc2)[C@H]1C(=O)OC1CCCCC1. The van der Waals surface area contributed by atoms with E-state index in [1.165, 1.54) is 6.42 Å². The lowest BCUT2D eigenvalue weighted by molar-refractivity contribution is -0.155. The Hall–Kier alpha value is -2.50. The first-order valence-electron chi connectivity index (χ1n) is 9.78. The number of ether oxygens (including phenoxy) is 2. The van der Waals surface area contributed by atoms with Crippen molar-refractivity contribution in [1.29, 1.82) is 0 Å². The maximum atomic E-state index is 12.9. The van der Waals surface area contributed by atoms with E-state index in [1.807, 2.05) is 31.2 Å². The number of amides is 2. The molecule has 0 bridgehead atoms. The predicted molar refractivity (Wildman–Crippen MR) is 102 cm³/mol. The van der Waals surface area contributed by atoms with Crippen LogP contribution in [0, 0.1) is 5.92 Å². The van der Waals surface area contributed by atoms with Crippen LogP contribution in [0.2, 0.25) is 0 Å². The van der Waals surface area contributed by atoms with Crippen LogP contribution in [0.1, 0.15) is 57.1 Å². The lowest BCUT2D eigenvalue weighted by atomic mass is 9.88. The zero-order chi connectivity index (χ0) is 19.2. The Morgan fingerprint density at radius 3 is 2.56 bits per heavy atom. The maximum Gasteiger partial charge on any atom is 0.319 e. The highest BCUT2D eigenvalue weighted by molar-refractivity contribution is 5.85. The fourth-order valence-electron chi connectivity index (χ4n) is 3.65. The van der Waals surface area contributed by atoms with Gasteiger partial charge < -0.3 is 20.1 Å². The molecule has 1 saturated heterocycles. The highest BCUT2D eigenvalue weighted by atomic mass is 16.5. The van der Waals surface area contributed by atoms with E-state index in [0.717, 1.165) is 43.4 Å². The Bertz CT molecular complexity index is 680. The van der Waals surface area contributed by atoms with Gasteiger partial charge in [0.05, 0.1) is 12.6 Å². The maximum absolute atomic E-state index is 12.9. The molecule has 2 N–H and O–H groups in total. The molecular weight excluding hydrogens is 344 g/mol. The summed E-state index contributed by atoms with van der Waals surface area (Å²) in [7, 11) is 0. The Balaban J connectivity index is 1.75. The molecule has 1 heterocycles. The molecule has 2 aliphatic rings. The molecule has 146 valence electrons. The van der Waals surface area contributed by atoms with Crippen molar-refractivity contribution in [3.05, 3.63) is 42.1 Å². The summed E-state index contributed by atoms with van der Waals surface area (Å²) in [5.74, 6) is -0.233. The molecule has 2 fully saturated rings. The fourth-order valence-corrected chi connectivity index (χ4v) is 3.65. The fraction of sp³-hybridized carbons (Fsp3) is 0.524. The molecule has 1 aromatic rings. The molecule has 1 aliphatic heterocycles. The highest BCUT2D eigenvalue weighted by Crippen LogP contribution is 2.32. The van der Waals surface area contributed by atoms with Crippen molar-refractivity contribution in [3.63, 3.8) is 0 Å². The average molecular weight is 372 g/mol. The number of rotatable bonds is 6. The van der Waals surface area contributed by atoms with Gasteiger partial charge >= 0.3 is 12.0 Å². The lowest BCUT2D eigenvalue weighted by Gasteiger charge is -2.34. The minimum absolute atomic E-state index is 0.0397. The van der Waals surface area contributed by atoms with Gasteiger partial charge in [-0.3, -0.25) is 4.79 Å². The normalized spacial score (nSPS) is 23.3. The summed E-state index contributed by atoms with van der Waals surface area (Å²) in [5.41, 5.74) is 1.19. The summed E-state index contributed by atoms with van der Waals surface area (Å²) in [6.07, 6.45) is 6.06. The number of carbonyl (C=O) groups is 2. The van der Waals surface area contributed by atoms with E-state index in [-0.39, 0.29) is 18.1 Å². The number of urea groups is 1. The number of esters is 1. The van der Waals surface area contributed by atoms with Gasteiger partial charge in [-0.25, -0.2) is 4.79 Å². The third kappa shape index (κ3) is 4.81. The van der Waals surface area contributed by atoms with Crippen molar-refractivity contribution < 1.29 is 19.1 Å². The zero-order valence-electron chi connectivity index (χ0n) is 15.8. The quantitative estimate of drug-likeness (QED) is 0.744.